The van der Waals surface area contributed by atoms with E-state index in [9.17, 15) is 0 Å². The largest absolute Gasteiger partial charge is 0.380 e. The Morgan fingerprint density at radius 3 is 1.83 bits per heavy atom. The van der Waals surface area contributed by atoms with Crippen LogP contribution in [0.2, 0.25) is 0 Å². The fourth-order valence-electron chi connectivity index (χ4n) is 1.74. The van der Waals surface area contributed by atoms with Crippen molar-refractivity contribution >= 4 is 15.9 Å². The molecule has 1 unspecified atom stereocenters. The lowest BCUT2D eigenvalue weighted by atomic mass is 9.97. The minimum absolute atomic E-state index is 0.688. The van der Waals surface area contributed by atoms with Crippen molar-refractivity contribution < 1.29 is 9.47 Å². The number of alkyl halides is 1. The van der Waals surface area contributed by atoms with Crippen molar-refractivity contribution in [2.24, 2.45) is 11.8 Å². The summed E-state index contributed by atoms with van der Waals surface area (Å²) >= 11 is 3.62. The molecule has 0 saturated heterocycles. The molecular weight excluding hydrogens is 294 g/mol. The van der Waals surface area contributed by atoms with Crippen LogP contribution in [0, 0.1) is 11.8 Å². The summed E-state index contributed by atoms with van der Waals surface area (Å²) in [4.78, 5) is 2.46. The molecular formula is C14H30BrNO2. The van der Waals surface area contributed by atoms with Crippen LogP contribution in [0.5, 0.6) is 0 Å². The van der Waals surface area contributed by atoms with E-state index in [-0.39, 0.29) is 0 Å². The highest BCUT2D eigenvalue weighted by Gasteiger charge is 2.16. The minimum Gasteiger partial charge on any atom is -0.380 e. The van der Waals surface area contributed by atoms with Gasteiger partial charge in [-0.15, -0.1) is 0 Å². The van der Waals surface area contributed by atoms with Crippen LogP contribution in [0.4, 0.5) is 0 Å². The Kier molecular flexibility index (Phi) is 12.6. The lowest BCUT2D eigenvalue weighted by Crippen LogP contribution is -2.37. The Morgan fingerprint density at radius 1 is 1.00 bits per heavy atom. The Labute approximate surface area is 121 Å². The zero-order valence-electron chi connectivity index (χ0n) is 12.5. The molecule has 0 radical (unpaired) electrons. The van der Waals surface area contributed by atoms with E-state index < -0.39 is 0 Å². The Morgan fingerprint density at radius 2 is 1.50 bits per heavy atom. The van der Waals surface area contributed by atoms with E-state index in [0.29, 0.717) is 11.8 Å². The zero-order chi connectivity index (χ0) is 13.8. The molecule has 110 valence electrons. The summed E-state index contributed by atoms with van der Waals surface area (Å²) in [6.07, 6.45) is 0. The molecule has 0 bridgehead atoms. The fraction of sp³-hybridized carbons (Fsp3) is 1.00. The molecule has 0 spiro atoms. The van der Waals surface area contributed by atoms with Crippen LogP contribution in [0.15, 0.2) is 0 Å². The Balaban J connectivity index is 4.07. The normalized spacial score (nSPS) is 13.5. The molecule has 0 aromatic carbocycles. The summed E-state index contributed by atoms with van der Waals surface area (Å²) in [7, 11) is 0. The van der Waals surface area contributed by atoms with Gasteiger partial charge in [0.2, 0.25) is 0 Å². The summed E-state index contributed by atoms with van der Waals surface area (Å²) < 4.78 is 10.9. The van der Waals surface area contributed by atoms with Gasteiger partial charge in [-0.2, -0.15) is 0 Å². The van der Waals surface area contributed by atoms with E-state index in [1.807, 2.05) is 13.8 Å². The molecule has 0 rings (SSSR count). The van der Waals surface area contributed by atoms with Gasteiger partial charge in [0.25, 0.3) is 0 Å². The maximum absolute atomic E-state index is 5.45. The second-order valence-corrected chi connectivity index (χ2v) is 5.50. The first kappa shape index (κ1) is 18.4. The van der Waals surface area contributed by atoms with E-state index in [4.69, 9.17) is 9.47 Å². The number of nitrogens with zero attached hydrogens (tertiary/aromatic N) is 1. The van der Waals surface area contributed by atoms with Crippen LogP contribution in [0.3, 0.4) is 0 Å². The standard InChI is InChI=1S/C14H30BrNO2/c1-5-17-9-7-16(8-10-18-6-2)12-14(11-15)13(3)4/h13-14H,5-12H2,1-4H3. The molecule has 0 aromatic rings. The molecule has 3 nitrogen and oxygen atoms in total. The Bertz CT molecular complexity index is 169. The molecule has 0 fully saturated rings. The van der Waals surface area contributed by atoms with Gasteiger partial charge in [0.1, 0.15) is 0 Å². The SMILES string of the molecule is CCOCCN(CCOCC)CC(CBr)C(C)C. The molecule has 0 saturated carbocycles. The number of hydrogen-bond acceptors (Lipinski definition) is 3. The second-order valence-electron chi connectivity index (χ2n) is 4.85. The van der Waals surface area contributed by atoms with Crippen molar-refractivity contribution in [3.05, 3.63) is 0 Å². The van der Waals surface area contributed by atoms with Crippen molar-refractivity contribution in [1.82, 2.24) is 4.90 Å². The number of ether oxygens (including phenoxy) is 2. The molecule has 0 aliphatic carbocycles. The molecule has 0 aliphatic rings. The van der Waals surface area contributed by atoms with Crippen molar-refractivity contribution in [3.63, 3.8) is 0 Å². The lowest BCUT2D eigenvalue weighted by Gasteiger charge is -2.28. The summed E-state index contributed by atoms with van der Waals surface area (Å²) in [5.41, 5.74) is 0. The summed E-state index contributed by atoms with van der Waals surface area (Å²) in [5, 5.41) is 1.06. The molecule has 0 heterocycles. The van der Waals surface area contributed by atoms with Crippen LogP contribution < -0.4 is 0 Å². The molecule has 0 aromatic heterocycles. The van der Waals surface area contributed by atoms with E-state index >= 15 is 0 Å². The summed E-state index contributed by atoms with van der Waals surface area (Å²) in [6, 6.07) is 0. The zero-order valence-corrected chi connectivity index (χ0v) is 14.0. The third kappa shape index (κ3) is 9.31. The highest BCUT2D eigenvalue weighted by Crippen LogP contribution is 2.15. The highest BCUT2D eigenvalue weighted by molar-refractivity contribution is 9.09. The van der Waals surface area contributed by atoms with Crippen LogP contribution in [0.1, 0.15) is 27.7 Å². The van der Waals surface area contributed by atoms with Crippen LogP contribution in [0.25, 0.3) is 0 Å². The van der Waals surface area contributed by atoms with E-state index in [0.717, 1.165) is 51.4 Å². The number of hydrogen-bond donors (Lipinski definition) is 0. The van der Waals surface area contributed by atoms with Gasteiger partial charge in [0.15, 0.2) is 0 Å². The summed E-state index contributed by atoms with van der Waals surface area (Å²) in [6.45, 7) is 15.0. The number of rotatable bonds is 12. The first-order valence-electron chi connectivity index (χ1n) is 7.09. The van der Waals surface area contributed by atoms with Gasteiger partial charge >= 0.3 is 0 Å². The molecule has 0 amide bonds. The third-order valence-corrected chi connectivity index (χ3v) is 3.98. The quantitative estimate of drug-likeness (QED) is 0.407. The molecule has 1 atom stereocenters. The van der Waals surface area contributed by atoms with Gasteiger partial charge in [-0.1, -0.05) is 29.8 Å². The maximum Gasteiger partial charge on any atom is 0.0593 e. The van der Waals surface area contributed by atoms with Gasteiger partial charge in [-0.05, 0) is 25.7 Å². The van der Waals surface area contributed by atoms with Gasteiger partial charge < -0.3 is 9.47 Å². The molecule has 0 N–H and O–H groups in total. The van der Waals surface area contributed by atoms with Gasteiger partial charge in [-0.3, -0.25) is 4.90 Å². The van der Waals surface area contributed by atoms with Gasteiger partial charge in [0.05, 0.1) is 13.2 Å². The van der Waals surface area contributed by atoms with Crippen LogP contribution in [-0.4, -0.2) is 56.3 Å². The molecule has 0 aliphatic heterocycles. The van der Waals surface area contributed by atoms with E-state index in [1.165, 1.54) is 0 Å². The molecule has 18 heavy (non-hydrogen) atoms. The van der Waals surface area contributed by atoms with Gasteiger partial charge in [-0.25, -0.2) is 0 Å². The average Bonchev–Trinajstić information content (AvgIpc) is 2.35. The minimum atomic E-state index is 0.688. The van der Waals surface area contributed by atoms with Crippen molar-refractivity contribution in [3.8, 4) is 0 Å². The lowest BCUT2D eigenvalue weighted by molar-refractivity contribution is 0.0738. The summed E-state index contributed by atoms with van der Waals surface area (Å²) in [5.74, 6) is 1.39. The predicted molar refractivity (Wildman–Crippen MR) is 81.5 cm³/mol. The van der Waals surface area contributed by atoms with Crippen molar-refractivity contribution in [2.75, 3.05) is 51.4 Å². The fourth-order valence-corrected chi connectivity index (χ4v) is 2.69. The first-order chi connectivity index (χ1) is 8.65. The smallest absolute Gasteiger partial charge is 0.0593 e. The number of halogens is 1. The van der Waals surface area contributed by atoms with E-state index in [1.54, 1.807) is 0 Å². The monoisotopic (exact) mass is 323 g/mol. The molecule has 4 heteroatoms. The van der Waals surface area contributed by atoms with Crippen molar-refractivity contribution in [2.45, 2.75) is 27.7 Å². The third-order valence-electron chi connectivity index (χ3n) is 3.15. The average molecular weight is 324 g/mol. The second kappa shape index (κ2) is 12.4. The highest BCUT2D eigenvalue weighted by atomic mass is 79.9. The topological polar surface area (TPSA) is 21.7 Å². The maximum atomic E-state index is 5.45. The van der Waals surface area contributed by atoms with Crippen LogP contribution >= 0.6 is 15.9 Å². The first-order valence-corrected chi connectivity index (χ1v) is 8.21. The van der Waals surface area contributed by atoms with Crippen LogP contribution in [-0.2, 0) is 9.47 Å². The van der Waals surface area contributed by atoms with E-state index in [2.05, 4.69) is 34.7 Å². The predicted octanol–water partition coefficient (Wildman–Crippen LogP) is 3.03. The Hall–Kier alpha value is 0.360. The van der Waals surface area contributed by atoms with Crippen molar-refractivity contribution in [1.29, 1.82) is 0 Å². The van der Waals surface area contributed by atoms with Gasteiger partial charge in [0, 0.05) is 38.2 Å².